The van der Waals surface area contributed by atoms with Crippen LogP contribution in [0.5, 0.6) is 0 Å². The van der Waals surface area contributed by atoms with Gasteiger partial charge >= 0.3 is 6.18 Å². The second-order valence-corrected chi connectivity index (χ2v) is 9.12. The molecular formula is C22H23F3N4O3S. The highest BCUT2D eigenvalue weighted by atomic mass is 32.2. The molecule has 33 heavy (non-hydrogen) atoms. The fourth-order valence-corrected chi connectivity index (χ4v) is 3.92. The van der Waals surface area contributed by atoms with E-state index >= 15 is 0 Å². The van der Waals surface area contributed by atoms with Crippen LogP contribution < -0.4 is 10.3 Å². The van der Waals surface area contributed by atoms with E-state index in [1.807, 2.05) is 37.3 Å². The molecule has 3 aromatic rings. The number of hydrogen-bond donors (Lipinski definition) is 1. The third-order valence-electron chi connectivity index (χ3n) is 4.73. The first-order chi connectivity index (χ1) is 15.5. The summed E-state index contributed by atoms with van der Waals surface area (Å²) in [5, 5.41) is 5.28. The van der Waals surface area contributed by atoms with Gasteiger partial charge in [-0.25, -0.2) is 4.98 Å². The first-order valence-electron chi connectivity index (χ1n) is 9.93. The van der Waals surface area contributed by atoms with Crippen molar-refractivity contribution in [3.63, 3.8) is 0 Å². The van der Waals surface area contributed by atoms with Crippen molar-refractivity contribution in [3.8, 4) is 0 Å². The lowest BCUT2D eigenvalue weighted by Crippen LogP contribution is -2.28. The number of anilines is 2. The monoisotopic (exact) mass is 480 g/mol. The molecule has 11 heteroatoms. The van der Waals surface area contributed by atoms with E-state index < -0.39 is 28.7 Å². The fraction of sp³-hybridized carbons (Fsp3) is 0.273. The van der Waals surface area contributed by atoms with E-state index in [1.54, 1.807) is 42.4 Å². The lowest BCUT2D eigenvalue weighted by Gasteiger charge is -2.19. The normalized spacial score (nSPS) is 12.4. The molecule has 0 saturated carbocycles. The van der Waals surface area contributed by atoms with Crippen LogP contribution in [0.3, 0.4) is 0 Å². The highest BCUT2D eigenvalue weighted by Gasteiger charge is 2.30. The largest absolute Gasteiger partial charge is 0.413 e. The Morgan fingerprint density at radius 3 is 2.55 bits per heavy atom. The number of fused-ring (bicyclic) bond motifs is 1. The van der Waals surface area contributed by atoms with Gasteiger partial charge in [0, 0.05) is 24.7 Å². The average molecular weight is 481 g/mol. The number of hydrazone groups is 1. The summed E-state index contributed by atoms with van der Waals surface area (Å²) >= 11 is 0. The van der Waals surface area contributed by atoms with Crippen LogP contribution >= 0.6 is 0 Å². The first-order valence-corrected chi connectivity index (χ1v) is 11.5. The van der Waals surface area contributed by atoms with E-state index in [2.05, 4.69) is 19.7 Å². The lowest BCUT2D eigenvalue weighted by molar-refractivity contribution is -0.152. The molecular weight excluding hydrogens is 457 g/mol. The number of nitrogens with zero attached hydrogens (tertiary/aromatic N) is 3. The molecule has 0 radical (unpaired) electrons. The van der Waals surface area contributed by atoms with Gasteiger partial charge in [-0.1, -0.05) is 30.3 Å². The van der Waals surface area contributed by atoms with Crippen LogP contribution in [0.15, 0.2) is 59.7 Å². The van der Waals surface area contributed by atoms with E-state index in [0.717, 1.165) is 22.0 Å². The number of hydrogen-bond acceptors (Lipinski definition) is 7. The zero-order valence-electron chi connectivity index (χ0n) is 18.0. The van der Waals surface area contributed by atoms with Gasteiger partial charge in [0.1, 0.15) is 5.82 Å². The van der Waals surface area contributed by atoms with Crippen molar-refractivity contribution in [1.82, 2.24) is 4.98 Å². The Bertz CT molecular complexity index is 1230. The predicted octanol–water partition coefficient (Wildman–Crippen LogP) is 4.33. The Morgan fingerprint density at radius 1 is 1.15 bits per heavy atom. The summed E-state index contributed by atoms with van der Waals surface area (Å²) in [6.07, 6.45) is -3.08. The minimum Gasteiger partial charge on any atom is -0.373 e. The van der Waals surface area contributed by atoms with Crippen molar-refractivity contribution >= 4 is 38.7 Å². The molecule has 0 aliphatic carbocycles. The number of alkyl halides is 3. The van der Waals surface area contributed by atoms with Crippen LogP contribution in [-0.4, -0.2) is 51.7 Å². The van der Waals surface area contributed by atoms with Crippen LogP contribution in [0.25, 0.3) is 10.9 Å². The van der Waals surface area contributed by atoms with Crippen molar-refractivity contribution < 1.29 is 25.8 Å². The van der Waals surface area contributed by atoms with Crippen molar-refractivity contribution in [1.29, 1.82) is 0 Å². The number of rotatable bonds is 9. The summed E-state index contributed by atoms with van der Waals surface area (Å²) in [7, 11) is -2.64. The second-order valence-electron chi connectivity index (χ2n) is 7.36. The molecule has 0 amide bonds. The summed E-state index contributed by atoms with van der Waals surface area (Å²) in [6.45, 7) is 0.152. The smallest absolute Gasteiger partial charge is 0.373 e. The minimum absolute atomic E-state index is 0.0256. The van der Waals surface area contributed by atoms with Gasteiger partial charge in [0.2, 0.25) is 0 Å². The molecule has 0 fully saturated rings. The predicted molar refractivity (Wildman–Crippen MR) is 123 cm³/mol. The Morgan fingerprint density at radius 2 is 1.85 bits per heavy atom. The van der Waals surface area contributed by atoms with Gasteiger partial charge in [-0.05, 0) is 42.3 Å². The third-order valence-corrected chi connectivity index (χ3v) is 5.89. The van der Waals surface area contributed by atoms with Crippen molar-refractivity contribution in [2.75, 3.05) is 36.3 Å². The second kappa shape index (κ2) is 10.2. The summed E-state index contributed by atoms with van der Waals surface area (Å²) in [6, 6.07) is 16.8. The van der Waals surface area contributed by atoms with E-state index in [9.17, 15) is 21.6 Å². The maximum atomic E-state index is 12.1. The average Bonchev–Trinajstić information content (AvgIpc) is 2.76. The molecule has 0 saturated heterocycles. The zero-order valence-corrected chi connectivity index (χ0v) is 18.8. The van der Waals surface area contributed by atoms with Crippen LogP contribution in [0, 0.1) is 6.92 Å². The zero-order chi connectivity index (χ0) is 24.1. The molecule has 2 aromatic carbocycles. The van der Waals surface area contributed by atoms with Crippen molar-refractivity contribution in [3.05, 3.63) is 65.7 Å². The van der Waals surface area contributed by atoms with Crippen LogP contribution in [0.2, 0.25) is 0 Å². The highest BCUT2D eigenvalue weighted by molar-refractivity contribution is 7.86. The molecule has 0 spiro atoms. The summed E-state index contributed by atoms with van der Waals surface area (Å²) in [5.74, 6) is 0.0537. The number of nitrogens with one attached hydrogen (secondary N) is 1. The molecule has 1 N–H and O–H groups in total. The summed E-state index contributed by atoms with van der Waals surface area (Å²) in [4.78, 5) is 6.12. The summed E-state index contributed by atoms with van der Waals surface area (Å²) in [5.41, 5.74) is 6.34. The lowest BCUT2D eigenvalue weighted by atomic mass is 10.1. The molecule has 176 valence electrons. The molecule has 0 bridgehead atoms. The van der Waals surface area contributed by atoms with E-state index in [-0.39, 0.29) is 6.54 Å². The topological polar surface area (TPSA) is 83.9 Å². The van der Waals surface area contributed by atoms with Crippen molar-refractivity contribution in [2.24, 2.45) is 5.10 Å². The van der Waals surface area contributed by atoms with E-state index in [1.165, 1.54) is 0 Å². The number of aromatic nitrogens is 1. The molecule has 0 aliphatic heterocycles. The van der Waals surface area contributed by atoms with Gasteiger partial charge in [0.05, 0.1) is 17.5 Å². The molecule has 1 heterocycles. The van der Waals surface area contributed by atoms with E-state index in [0.29, 0.717) is 11.5 Å². The number of para-hydroxylation sites is 1. The van der Waals surface area contributed by atoms with Gasteiger partial charge < -0.3 is 4.90 Å². The molecule has 1 aromatic heterocycles. The van der Waals surface area contributed by atoms with Gasteiger partial charge in [0.25, 0.3) is 10.1 Å². The first kappa shape index (κ1) is 24.5. The molecule has 0 unspecified atom stereocenters. The highest BCUT2D eigenvalue weighted by Crippen LogP contribution is 2.20. The van der Waals surface area contributed by atoms with Gasteiger partial charge in [-0.15, -0.1) is 0 Å². The summed E-state index contributed by atoms with van der Waals surface area (Å²) < 4.78 is 63.6. The Kier molecular flexibility index (Phi) is 7.54. The van der Waals surface area contributed by atoms with Crippen LogP contribution in [0.1, 0.15) is 11.1 Å². The standard InChI is InChI=1S/C22H23F3N4O3S/c1-16-13-21(27-20-6-4-3-5-19(16)20)28-26-14-17-7-9-18(10-8-17)29(2)11-12-33(30,31)32-15-22(23,24)25/h3-10,13-14H,11-12,15H2,1-2H3,(H,27,28)/b26-14+. The van der Waals surface area contributed by atoms with Crippen molar-refractivity contribution in [2.45, 2.75) is 13.1 Å². The fourth-order valence-electron chi connectivity index (χ4n) is 2.99. The molecule has 0 aliphatic rings. The quantitative estimate of drug-likeness (QED) is 0.279. The number of pyridine rings is 1. The van der Waals surface area contributed by atoms with Crippen LogP contribution in [0.4, 0.5) is 24.7 Å². The Balaban J connectivity index is 1.55. The maximum absolute atomic E-state index is 12.1. The van der Waals surface area contributed by atoms with Crippen LogP contribution in [-0.2, 0) is 14.3 Å². The Hall–Kier alpha value is -3.18. The number of benzene rings is 2. The minimum atomic E-state index is -4.70. The molecule has 7 nitrogen and oxygen atoms in total. The Labute approximate surface area is 190 Å². The number of aryl methyl sites for hydroxylation is 1. The molecule has 0 atom stereocenters. The molecule has 3 rings (SSSR count). The van der Waals surface area contributed by atoms with Gasteiger partial charge in [0.15, 0.2) is 6.61 Å². The van der Waals surface area contributed by atoms with Gasteiger partial charge in [-0.3, -0.25) is 9.61 Å². The SMILES string of the molecule is Cc1cc(N/N=C/c2ccc(N(C)CCS(=O)(=O)OCC(F)(F)F)cc2)nc2ccccc12. The maximum Gasteiger partial charge on any atom is 0.413 e. The van der Waals surface area contributed by atoms with Gasteiger partial charge in [-0.2, -0.15) is 26.7 Å². The van der Waals surface area contributed by atoms with E-state index in [4.69, 9.17) is 0 Å². The number of halogens is 3. The third kappa shape index (κ3) is 7.43.